The lowest BCUT2D eigenvalue weighted by atomic mass is 10.2. The third kappa shape index (κ3) is 3.59. The Morgan fingerprint density at radius 2 is 2.11 bits per heavy atom. The lowest BCUT2D eigenvalue weighted by Gasteiger charge is -1.91. The molecular formula is C8H13N. The largest absolute Gasteiger partial charge is 0.402 e. The molecule has 0 spiro atoms. The first-order valence-electron chi connectivity index (χ1n) is 2.93. The SMILES string of the molecule is C=CC(/C=C(\C)N)=C\C. The van der Waals surface area contributed by atoms with E-state index in [-0.39, 0.29) is 0 Å². The van der Waals surface area contributed by atoms with E-state index < -0.39 is 0 Å². The minimum atomic E-state index is 0.808. The van der Waals surface area contributed by atoms with Gasteiger partial charge in [0, 0.05) is 5.70 Å². The predicted molar refractivity (Wildman–Crippen MR) is 41.9 cm³/mol. The Morgan fingerprint density at radius 3 is 2.22 bits per heavy atom. The van der Waals surface area contributed by atoms with Crippen LogP contribution in [-0.4, -0.2) is 0 Å². The Labute approximate surface area is 56.6 Å². The molecule has 9 heavy (non-hydrogen) atoms. The van der Waals surface area contributed by atoms with Crippen molar-refractivity contribution >= 4 is 0 Å². The topological polar surface area (TPSA) is 26.0 Å². The van der Waals surface area contributed by atoms with E-state index in [4.69, 9.17) is 5.73 Å². The third-order valence-corrected chi connectivity index (χ3v) is 0.963. The number of hydrogen-bond acceptors (Lipinski definition) is 1. The summed E-state index contributed by atoms with van der Waals surface area (Å²) in [6, 6.07) is 0. The molecule has 0 fully saturated rings. The standard InChI is InChI=1S/C8H13N/c1-4-8(5-2)6-7(3)9/h4-6H,1,9H2,2-3H3/b7-6+,8-5+. The fraction of sp³-hybridized carbons (Fsp3) is 0.250. The maximum atomic E-state index is 5.42. The van der Waals surface area contributed by atoms with Gasteiger partial charge in [-0.2, -0.15) is 0 Å². The molecule has 0 aromatic heterocycles. The van der Waals surface area contributed by atoms with Crippen LogP contribution >= 0.6 is 0 Å². The summed E-state index contributed by atoms with van der Waals surface area (Å²) in [7, 11) is 0. The lowest BCUT2D eigenvalue weighted by molar-refractivity contribution is 1.30. The van der Waals surface area contributed by atoms with Gasteiger partial charge >= 0.3 is 0 Å². The van der Waals surface area contributed by atoms with Crippen LogP contribution in [0.1, 0.15) is 13.8 Å². The van der Waals surface area contributed by atoms with Crippen LogP contribution in [0.5, 0.6) is 0 Å². The molecule has 0 bridgehead atoms. The summed E-state index contributed by atoms with van der Waals surface area (Å²) in [5, 5.41) is 0. The Hall–Kier alpha value is -0.980. The van der Waals surface area contributed by atoms with Crippen molar-refractivity contribution in [1.82, 2.24) is 0 Å². The normalized spacial score (nSPS) is 13.6. The van der Waals surface area contributed by atoms with Crippen LogP contribution in [0.4, 0.5) is 0 Å². The van der Waals surface area contributed by atoms with Crippen molar-refractivity contribution in [1.29, 1.82) is 0 Å². The molecule has 0 saturated heterocycles. The van der Waals surface area contributed by atoms with Gasteiger partial charge in [-0.3, -0.25) is 0 Å². The summed E-state index contributed by atoms with van der Waals surface area (Å²) < 4.78 is 0. The van der Waals surface area contributed by atoms with Crippen LogP contribution in [0.25, 0.3) is 0 Å². The first kappa shape index (κ1) is 8.02. The highest BCUT2D eigenvalue weighted by Gasteiger charge is 1.80. The second-order valence-electron chi connectivity index (χ2n) is 1.88. The zero-order chi connectivity index (χ0) is 7.28. The van der Waals surface area contributed by atoms with E-state index in [1.54, 1.807) is 6.08 Å². The van der Waals surface area contributed by atoms with Crippen molar-refractivity contribution in [2.24, 2.45) is 5.73 Å². The van der Waals surface area contributed by atoms with E-state index in [0.717, 1.165) is 11.3 Å². The summed E-state index contributed by atoms with van der Waals surface area (Å²) in [4.78, 5) is 0. The van der Waals surface area contributed by atoms with E-state index in [0.29, 0.717) is 0 Å². The van der Waals surface area contributed by atoms with E-state index in [1.807, 2.05) is 26.0 Å². The van der Waals surface area contributed by atoms with Gasteiger partial charge in [-0.1, -0.05) is 18.7 Å². The molecular weight excluding hydrogens is 110 g/mol. The van der Waals surface area contributed by atoms with E-state index in [1.165, 1.54) is 0 Å². The van der Waals surface area contributed by atoms with Crippen LogP contribution in [0.2, 0.25) is 0 Å². The second-order valence-corrected chi connectivity index (χ2v) is 1.88. The first-order valence-corrected chi connectivity index (χ1v) is 2.93. The fourth-order valence-corrected chi connectivity index (χ4v) is 0.523. The summed E-state index contributed by atoms with van der Waals surface area (Å²) in [5.74, 6) is 0. The second kappa shape index (κ2) is 3.96. The highest BCUT2D eigenvalue weighted by Crippen LogP contribution is 1.98. The molecule has 0 aliphatic rings. The summed E-state index contributed by atoms with van der Waals surface area (Å²) in [6.45, 7) is 7.43. The smallest absolute Gasteiger partial charge is 0.00547 e. The Morgan fingerprint density at radius 1 is 1.56 bits per heavy atom. The minimum absolute atomic E-state index is 0.808. The highest BCUT2D eigenvalue weighted by atomic mass is 14.5. The van der Waals surface area contributed by atoms with Crippen LogP contribution in [0.15, 0.2) is 36.1 Å². The van der Waals surface area contributed by atoms with Gasteiger partial charge in [0.1, 0.15) is 0 Å². The van der Waals surface area contributed by atoms with Gasteiger partial charge in [0.05, 0.1) is 0 Å². The maximum Gasteiger partial charge on any atom is 0.00547 e. The number of hydrogen-bond donors (Lipinski definition) is 1. The average molecular weight is 123 g/mol. The van der Waals surface area contributed by atoms with Crippen LogP contribution in [-0.2, 0) is 0 Å². The number of allylic oxidation sites excluding steroid dienone is 5. The predicted octanol–water partition coefficient (Wildman–Crippen LogP) is 1.98. The molecule has 1 heteroatoms. The van der Waals surface area contributed by atoms with Crippen molar-refractivity contribution in [3.8, 4) is 0 Å². The van der Waals surface area contributed by atoms with Gasteiger partial charge < -0.3 is 5.73 Å². The molecule has 0 aromatic carbocycles. The van der Waals surface area contributed by atoms with Crippen molar-refractivity contribution in [2.45, 2.75) is 13.8 Å². The van der Waals surface area contributed by atoms with Crippen LogP contribution < -0.4 is 5.73 Å². The molecule has 50 valence electrons. The van der Waals surface area contributed by atoms with Crippen molar-refractivity contribution in [3.63, 3.8) is 0 Å². The lowest BCUT2D eigenvalue weighted by Crippen LogP contribution is -1.89. The Balaban J connectivity index is 4.18. The van der Waals surface area contributed by atoms with Crippen molar-refractivity contribution in [2.75, 3.05) is 0 Å². The average Bonchev–Trinajstić information content (AvgIpc) is 1.82. The molecule has 2 N–H and O–H groups in total. The molecule has 0 unspecified atom stereocenters. The van der Waals surface area contributed by atoms with E-state index >= 15 is 0 Å². The fourth-order valence-electron chi connectivity index (χ4n) is 0.523. The highest BCUT2D eigenvalue weighted by molar-refractivity contribution is 5.29. The Kier molecular flexibility index (Phi) is 3.52. The van der Waals surface area contributed by atoms with Gasteiger partial charge in [0.25, 0.3) is 0 Å². The zero-order valence-electron chi connectivity index (χ0n) is 6.02. The van der Waals surface area contributed by atoms with Gasteiger partial charge in [0.15, 0.2) is 0 Å². The summed E-state index contributed by atoms with van der Waals surface area (Å²) in [5.41, 5.74) is 7.29. The zero-order valence-corrected chi connectivity index (χ0v) is 6.02. The van der Waals surface area contributed by atoms with Crippen molar-refractivity contribution in [3.05, 3.63) is 36.1 Å². The minimum Gasteiger partial charge on any atom is -0.402 e. The van der Waals surface area contributed by atoms with Gasteiger partial charge in [-0.05, 0) is 25.5 Å². The molecule has 0 heterocycles. The van der Waals surface area contributed by atoms with Gasteiger partial charge in [-0.15, -0.1) is 0 Å². The van der Waals surface area contributed by atoms with Crippen molar-refractivity contribution < 1.29 is 0 Å². The number of rotatable bonds is 2. The molecule has 1 nitrogen and oxygen atoms in total. The van der Waals surface area contributed by atoms with Gasteiger partial charge in [0.2, 0.25) is 0 Å². The quantitative estimate of drug-likeness (QED) is 0.558. The molecule has 0 atom stereocenters. The van der Waals surface area contributed by atoms with Crippen LogP contribution in [0.3, 0.4) is 0 Å². The van der Waals surface area contributed by atoms with E-state index in [2.05, 4.69) is 6.58 Å². The van der Waals surface area contributed by atoms with Crippen LogP contribution in [0, 0.1) is 0 Å². The molecule has 0 radical (unpaired) electrons. The summed E-state index contributed by atoms with van der Waals surface area (Å²) in [6.07, 6.45) is 5.62. The molecule has 0 aliphatic carbocycles. The molecule has 0 aliphatic heterocycles. The first-order chi connectivity index (χ1) is 4.20. The molecule has 0 aromatic rings. The van der Waals surface area contributed by atoms with Gasteiger partial charge in [-0.25, -0.2) is 0 Å². The maximum absolute atomic E-state index is 5.42. The molecule has 0 saturated carbocycles. The molecule has 0 rings (SSSR count). The Bertz CT molecular complexity index is 148. The molecule has 0 amide bonds. The third-order valence-electron chi connectivity index (χ3n) is 0.963. The summed E-state index contributed by atoms with van der Waals surface area (Å²) >= 11 is 0. The number of nitrogens with two attached hydrogens (primary N) is 1. The monoisotopic (exact) mass is 123 g/mol. The van der Waals surface area contributed by atoms with E-state index in [9.17, 15) is 0 Å².